The second kappa shape index (κ2) is 5.64. The predicted molar refractivity (Wildman–Crippen MR) is 66.8 cm³/mol. The molecule has 1 rings (SSSR count). The Bertz CT molecular complexity index is 436. The van der Waals surface area contributed by atoms with Gasteiger partial charge in [-0.05, 0) is 25.3 Å². The van der Waals surface area contributed by atoms with E-state index in [0.717, 1.165) is 19.1 Å². The van der Waals surface area contributed by atoms with Gasteiger partial charge in [0.2, 0.25) is 10.0 Å². The summed E-state index contributed by atoms with van der Waals surface area (Å²) in [6, 6.07) is 0. The molecule has 0 radical (unpaired) electrons. The van der Waals surface area contributed by atoms with E-state index in [1.54, 1.807) is 0 Å². The summed E-state index contributed by atoms with van der Waals surface area (Å²) >= 11 is 0. The Kier molecular flexibility index (Phi) is 4.94. The first-order valence-electron chi connectivity index (χ1n) is 5.60. The SMILES string of the molecule is CS(=O)(=O)CCS(=O)(=O)N1CCC(CN)CC1. The van der Waals surface area contributed by atoms with Crippen molar-refractivity contribution in [2.45, 2.75) is 12.8 Å². The molecule has 0 atom stereocenters. The quantitative estimate of drug-likeness (QED) is 0.700. The van der Waals surface area contributed by atoms with Gasteiger partial charge < -0.3 is 5.73 Å². The van der Waals surface area contributed by atoms with E-state index in [4.69, 9.17) is 5.73 Å². The summed E-state index contributed by atoms with van der Waals surface area (Å²) in [5, 5.41) is 0. The van der Waals surface area contributed by atoms with Gasteiger partial charge >= 0.3 is 0 Å². The Morgan fingerprint density at radius 1 is 1.12 bits per heavy atom. The number of hydrogen-bond acceptors (Lipinski definition) is 5. The van der Waals surface area contributed by atoms with E-state index in [9.17, 15) is 16.8 Å². The molecule has 1 fully saturated rings. The van der Waals surface area contributed by atoms with Crippen LogP contribution >= 0.6 is 0 Å². The second-order valence-electron chi connectivity index (χ2n) is 4.52. The van der Waals surface area contributed by atoms with Gasteiger partial charge in [-0.25, -0.2) is 21.1 Å². The van der Waals surface area contributed by atoms with Crippen LogP contribution in [0.15, 0.2) is 0 Å². The average Bonchev–Trinajstić information content (AvgIpc) is 2.26. The smallest absolute Gasteiger partial charge is 0.215 e. The van der Waals surface area contributed by atoms with Gasteiger partial charge in [-0.3, -0.25) is 0 Å². The van der Waals surface area contributed by atoms with Crippen LogP contribution in [-0.2, 0) is 19.9 Å². The number of rotatable bonds is 5. The molecular weight excluding hydrogens is 264 g/mol. The highest BCUT2D eigenvalue weighted by Gasteiger charge is 2.27. The number of hydrogen-bond donors (Lipinski definition) is 1. The van der Waals surface area contributed by atoms with Crippen LogP contribution in [0.2, 0.25) is 0 Å². The Morgan fingerprint density at radius 3 is 2.06 bits per heavy atom. The number of nitrogens with two attached hydrogens (primary N) is 1. The van der Waals surface area contributed by atoms with E-state index in [1.807, 2.05) is 0 Å². The van der Waals surface area contributed by atoms with Crippen LogP contribution in [0.25, 0.3) is 0 Å². The van der Waals surface area contributed by atoms with E-state index < -0.39 is 19.9 Å². The monoisotopic (exact) mass is 284 g/mol. The molecule has 0 amide bonds. The fourth-order valence-corrected chi connectivity index (χ4v) is 4.89. The highest BCUT2D eigenvalue weighted by molar-refractivity contribution is 7.93. The maximum atomic E-state index is 11.9. The maximum Gasteiger partial charge on any atom is 0.215 e. The van der Waals surface area contributed by atoms with Crippen LogP contribution in [0.5, 0.6) is 0 Å². The van der Waals surface area contributed by atoms with Gasteiger partial charge in [0.05, 0.1) is 11.5 Å². The molecule has 0 aromatic rings. The highest BCUT2D eigenvalue weighted by Crippen LogP contribution is 2.18. The number of sulfonamides is 1. The minimum absolute atomic E-state index is 0.313. The zero-order valence-electron chi connectivity index (χ0n) is 10.0. The van der Waals surface area contributed by atoms with E-state index in [1.165, 1.54) is 4.31 Å². The standard InChI is InChI=1S/C9H20N2O4S2/c1-16(12,13)6-7-17(14,15)11-4-2-9(8-10)3-5-11/h9H,2-8,10H2,1H3. The third kappa shape index (κ3) is 4.90. The lowest BCUT2D eigenvalue weighted by Crippen LogP contribution is -2.42. The molecular formula is C9H20N2O4S2. The summed E-state index contributed by atoms with van der Waals surface area (Å²) in [4.78, 5) is 0. The molecule has 0 bridgehead atoms. The van der Waals surface area contributed by atoms with Crippen LogP contribution in [0.1, 0.15) is 12.8 Å². The van der Waals surface area contributed by atoms with Crippen molar-refractivity contribution in [1.29, 1.82) is 0 Å². The summed E-state index contributed by atoms with van der Waals surface area (Å²) in [5.41, 5.74) is 5.53. The van der Waals surface area contributed by atoms with Crippen molar-refractivity contribution in [3.8, 4) is 0 Å². The largest absolute Gasteiger partial charge is 0.330 e. The van der Waals surface area contributed by atoms with Crippen LogP contribution in [0.3, 0.4) is 0 Å². The van der Waals surface area contributed by atoms with Gasteiger partial charge in [0, 0.05) is 19.3 Å². The van der Waals surface area contributed by atoms with E-state index >= 15 is 0 Å². The molecule has 0 aliphatic carbocycles. The molecule has 0 aromatic heterocycles. The first-order valence-corrected chi connectivity index (χ1v) is 9.27. The molecule has 0 spiro atoms. The topological polar surface area (TPSA) is 97.5 Å². The van der Waals surface area contributed by atoms with Crippen molar-refractivity contribution in [3.05, 3.63) is 0 Å². The zero-order chi connectivity index (χ0) is 13.1. The van der Waals surface area contributed by atoms with Crippen molar-refractivity contribution in [1.82, 2.24) is 4.31 Å². The number of sulfone groups is 1. The third-order valence-electron chi connectivity index (χ3n) is 3.01. The predicted octanol–water partition coefficient (Wildman–Crippen LogP) is -0.968. The third-order valence-corrected chi connectivity index (χ3v) is 6.09. The molecule has 1 aliphatic heterocycles. The van der Waals surface area contributed by atoms with E-state index in [2.05, 4.69) is 0 Å². The molecule has 0 unspecified atom stereocenters. The molecule has 1 saturated heterocycles. The summed E-state index contributed by atoms with van der Waals surface area (Å²) in [6.45, 7) is 1.49. The van der Waals surface area contributed by atoms with Crippen LogP contribution < -0.4 is 5.73 Å². The normalized spacial score (nSPS) is 20.6. The summed E-state index contributed by atoms with van der Waals surface area (Å²) in [6.07, 6.45) is 2.56. The number of piperidine rings is 1. The molecule has 2 N–H and O–H groups in total. The Morgan fingerprint density at radius 2 is 1.65 bits per heavy atom. The molecule has 8 heteroatoms. The van der Waals surface area contributed by atoms with Crippen molar-refractivity contribution in [2.75, 3.05) is 37.4 Å². The zero-order valence-corrected chi connectivity index (χ0v) is 11.6. The Hall–Kier alpha value is -0.180. The molecule has 6 nitrogen and oxygen atoms in total. The lowest BCUT2D eigenvalue weighted by molar-refractivity contribution is 0.279. The molecule has 1 aliphatic rings. The first kappa shape index (κ1) is 14.9. The minimum atomic E-state index is -3.43. The molecule has 17 heavy (non-hydrogen) atoms. The van der Waals surface area contributed by atoms with Crippen LogP contribution in [0.4, 0.5) is 0 Å². The van der Waals surface area contributed by atoms with Crippen molar-refractivity contribution < 1.29 is 16.8 Å². The van der Waals surface area contributed by atoms with E-state index in [-0.39, 0.29) is 11.5 Å². The average molecular weight is 284 g/mol. The van der Waals surface area contributed by atoms with E-state index in [0.29, 0.717) is 25.6 Å². The summed E-state index contributed by atoms with van der Waals surface area (Å²) < 4.78 is 47.0. The van der Waals surface area contributed by atoms with Crippen LogP contribution in [0, 0.1) is 5.92 Å². The lowest BCUT2D eigenvalue weighted by atomic mass is 9.99. The molecule has 1 heterocycles. The van der Waals surface area contributed by atoms with Gasteiger partial charge in [-0.2, -0.15) is 0 Å². The van der Waals surface area contributed by atoms with Gasteiger partial charge in [0.1, 0.15) is 9.84 Å². The summed E-state index contributed by atoms with van der Waals surface area (Å²) in [5.74, 6) is -0.248. The molecule has 102 valence electrons. The van der Waals surface area contributed by atoms with Gasteiger partial charge in [-0.1, -0.05) is 0 Å². The van der Waals surface area contributed by atoms with Crippen molar-refractivity contribution in [3.63, 3.8) is 0 Å². The Balaban J connectivity index is 2.55. The first-order chi connectivity index (χ1) is 7.74. The number of nitrogens with zero attached hydrogens (tertiary/aromatic N) is 1. The fourth-order valence-electron chi connectivity index (χ4n) is 1.81. The van der Waals surface area contributed by atoms with Gasteiger partial charge in [0.15, 0.2) is 0 Å². The van der Waals surface area contributed by atoms with Crippen molar-refractivity contribution in [2.24, 2.45) is 11.7 Å². The summed E-state index contributed by atoms with van der Waals surface area (Å²) in [7, 11) is -6.67. The lowest BCUT2D eigenvalue weighted by Gasteiger charge is -2.30. The highest BCUT2D eigenvalue weighted by atomic mass is 32.2. The molecule has 0 aromatic carbocycles. The van der Waals surface area contributed by atoms with Gasteiger partial charge in [-0.15, -0.1) is 0 Å². The minimum Gasteiger partial charge on any atom is -0.330 e. The Labute approximate surface area is 103 Å². The second-order valence-corrected chi connectivity index (χ2v) is 8.87. The maximum absolute atomic E-state index is 11.9. The molecule has 0 saturated carbocycles. The van der Waals surface area contributed by atoms with Gasteiger partial charge in [0.25, 0.3) is 0 Å². The van der Waals surface area contributed by atoms with Crippen LogP contribution in [-0.4, -0.2) is 58.5 Å². The fraction of sp³-hybridized carbons (Fsp3) is 1.00. The van der Waals surface area contributed by atoms with Crippen molar-refractivity contribution >= 4 is 19.9 Å².